The minimum absolute atomic E-state index is 0.0570. The van der Waals surface area contributed by atoms with Crippen LogP contribution in [0.15, 0.2) is 24.3 Å². The molecule has 0 unspecified atom stereocenters. The van der Waals surface area contributed by atoms with Crippen molar-refractivity contribution in [2.24, 2.45) is 0 Å². The Hall–Kier alpha value is -2.20. The van der Waals surface area contributed by atoms with E-state index in [-0.39, 0.29) is 17.5 Å². The topological polar surface area (TPSA) is 119 Å². The summed E-state index contributed by atoms with van der Waals surface area (Å²) in [7, 11) is -3.77. The SMILES string of the molecule is CS(=O)(=O)N(CC(=O)NC[C@H]1CCCO1)c1cccc([N+](=O)[O-])c1. The smallest absolute Gasteiger partial charge is 0.271 e. The van der Waals surface area contributed by atoms with Gasteiger partial charge in [-0.15, -0.1) is 0 Å². The number of ether oxygens (including phenoxy) is 1. The summed E-state index contributed by atoms with van der Waals surface area (Å²) in [6.07, 6.45) is 2.67. The van der Waals surface area contributed by atoms with Gasteiger partial charge in [0.2, 0.25) is 15.9 Å². The van der Waals surface area contributed by atoms with Crippen LogP contribution in [0.2, 0.25) is 0 Å². The van der Waals surface area contributed by atoms with Gasteiger partial charge in [-0.1, -0.05) is 6.07 Å². The number of nitro benzene ring substituents is 1. The van der Waals surface area contributed by atoms with Crippen molar-refractivity contribution in [3.8, 4) is 0 Å². The number of sulfonamides is 1. The van der Waals surface area contributed by atoms with Crippen LogP contribution in [0.4, 0.5) is 11.4 Å². The molecule has 1 saturated heterocycles. The van der Waals surface area contributed by atoms with Crippen LogP contribution in [-0.2, 0) is 19.6 Å². The molecule has 0 radical (unpaired) electrons. The number of nitro groups is 1. The summed E-state index contributed by atoms with van der Waals surface area (Å²) >= 11 is 0. The first-order valence-electron chi connectivity index (χ1n) is 7.38. The number of amides is 1. The van der Waals surface area contributed by atoms with E-state index < -0.39 is 27.4 Å². The molecule has 10 heteroatoms. The molecule has 1 heterocycles. The van der Waals surface area contributed by atoms with Gasteiger partial charge in [0.25, 0.3) is 5.69 Å². The molecule has 1 atom stereocenters. The lowest BCUT2D eigenvalue weighted by molar-refractivity contribution is -0.384. The summed E-state index contributed by atoms with van der Waals surface area (Å²) in [6, 6.07) is 5.15. The van der Waals surface area contributed by atoms with Crippen molar-refractivity contribution in [1.82, 2.24) is 5.32 Å². The van der Waals surface area contributed by atoms with Gasteiger partial charge in [0.1, 0.15) is 6.54 Å². The van der Waals surface area contributed by atoms with E-state index in [9.17, 15) is 23.3 Å². The highest BCUT2D eigenvalue weighted by Gasteiger charge is 2.23. The average molecular weight is 357 g/mol. The van der Waals surface area contributed by atoms with Crippen LogP contribution in [0.3, 0.4) is 0 Å². The van der Waals surface area contributed by atoms with Gasteiger partial charge in [-0.2, -0.15) is 0 Å². The van der Waals surface area contributed by atoms with Gasteiger partial charge in [0.15, 0.2) is 0 Å². The molecule has 0 aromatic heterocycles. The predicted molar refractivity (Wildman–Crippen MR) is 87.3 cm³/mol. The van der Waals surface area contributed by atoms with E-state index in [1.54, 1.807) is 0 Å². The summed E-state index contributed by atoms with van der Waals surface area (Å²) in [5.74, 6) is -0.498. The number of benzene rings is 1. The Bertz CT molecular complexity index is 715. The van der Waals surface area contributed by atoms with E-state index in [4.69, 9.17) is 4.74 Å². The van der Waals surface area contributed by atoms with Crippen LogP contribution >= 0.6 is 0 Å². The zero-order valence-electron chi connectivity index (χ0n) is 13.2. The molecular formula is C14H19N3O6S. The van der Waals surface area contributed by atoms with Crippen molar-refractivity contribution < 1.29 is 22.9 Å². The molecule has 0 spiro atoms. The van der Waals surface area contributed by atoms with Crippen molar-refractivity contribution in [1.29, 1.82) is 0 Å². The van der Waals surface area contributed by atoms with E-state index in [2.05, 4.69) is 5.32 Å². The van der Waals surface area contributed by atoms with Crippen LogP contribution in [0, 0.1) is 10.1 Å². The quantitative estimate of drug-likeness (QED) is 0.565. The molecule has 1 aliphatic heterocycles. The first kappa shape index (κ1) is 18.1. The predicted octanol–water partition coefficient (Wildman–Crippen LogP) is 0.656. The number of nitrogens with one attached hydrogen (secondary N) is 1. The number of carbonyl (C=O) groups is 1. The molecule has 0 aliphatic carbocycles. The van der Waals surface area contributed by atoms with Crippen molar-refractivity contribution in [2.75, 3.05) is 30.3 Å². The molecule has 0 saturated carbocycles. The zero-order valence-corrected chi connectivity index (χ0v) is 14.0. The van der Waals surface area contributed by atoms with E-state index in [0.717, 1.165) is 29.5 Å². The second kappa shape index (κ2) is 7.58. The lowest BCUT2D eigenvalue weighted by Gasteiger charge is -2.22. The maximum atomic E-state index is 12.0. The van der Waals surface area contributed by atoms with Crippen molar-refractivity contribution >= 4 is 27.3 Å². The fourth-order valence-corrected chi connectivity index (χ4v) is 3.23. The molecule has 1 amide bonds. The maximum absolute atomic E-state index is 12.0. The highest BCUT2D eigenvalue weighted by atomic mass is 32.2. The first-order chi connectivity index (χ1) is 11.3. The monoisotopic (exact) mass is 357 g/mol. The van der Waals surface area contributed by atoms with Gasteiger partial charge < -0.3 is 10.1 Å². The summed E-state index contributed by atoms with van der Waals surface area (Å²) < 4.78 is 30.1. The zero-order chi connectivity index (χ0) is 17.7. The number of nitrogens with zero attached hydrogens (tertiary/aromatic N) is 2. The third-order valence-electron chi connectivity index (χ3n) is 3.57. The lowest BCUT2D eigenvalue weighted by Crippen LogP contribution is -2.42. The Kier molecular flexibility index (Phi) is 5.73. The summed E-state index contributed by atoms with van der Waals surface area (Å²) in [5, 5.41) is 13.5. The first-order valence-corrected chi connectivity index (χ1v) is 9.22. The number of hydrogen-bond donors (Lipinski definition) is 1. The van der Waals surface area contributed by atoms with Crippen LogP contribution in [0.25, 0.3) is 0 Å². The number of carbonyl (C=O) groups excluding carboxylic acids is 1. The summed E-state index contributed by atoms with van der Waals surface area (Å²) in [5.41, 5.74) is -0.181. The Morgan fingerprint density at radius 1 is 1.50 bits per heavy atom. The fraction of sp³-hybridized carbons (Fsp3) is 0.500. The number of non-ortho nitro benzene ring substituents is 1. The Labute approximate surface area is 139 Å². The second-order valence-electron chi connectivity index (χ2n) is 5.49. The Balaban J connectivity index is 2.09. The van der Waals surface area contributed by atoms with E-state index in [1.807, 2.05) is 0 Å². The molecule has 9 nitrogen and oxygen atoms in total. The van der Waals surface area contributed by atoms with Gasteiger partial charge >= 0.3 is 0 Å². The van der Waals surface area contributed by atoms with Gasteiger partial charge in [0, 0.05) is 25.3 Å². The van der Waals surface area contributed by atoms with Crippen LogP contribution < -0.4 is 9.62 Å². The standard InChI is InChI=1S/C14H19N3O6S/c1-24(21,22)16(11-4-2-5-12(8-11)17(19)20)10-14(18)15-9-13-6-3-7-23-13/h2,4-5,8,13H,3,6-7,9-10H2,1H3,(H,15,18)/t13-/m1/s1. The minimum atomic E-state index is -3.77. The molecule has 24 heavy (non-hydrogen) atoms. The highest BCUT2D eigenvalue weighted by Crippen LogP contribution is 2.22. The van der Waals surface area contributed by atoms with Crippen molar-refractivity contribution in [2.45, 2.75) is 18.9 Å². The molecule has 132 valence electrons. The Morgan fingerprint density at radius 2 is 2.25 bits per heavy atom. The van der Waals surface area contributed by atoms with Gasteiger partial charge in [-0.05, 0) is 18.9 Å². The van der Waals surface area contributed by atoms with Crippen molar-refractivity contribution in [3.63, 3.8) is 0 Å². The molecular weight excluding hydrogens is 338 g/mol. The molecule has 1 fully saturated rings. The largest absolute Gasteiger partial charge is 0.376 e. The van der Waals surface area contributed by atoms with Gasteiger partial charge in [0.05, 0.1) is 23.0 Å². The number of hydrogen-bond acceptors (Lipinski definition) is 6. The molecule has 1 aliphatic rings. The lowest BCUT2D eigenvalue weighted by atomic mass is 10.2. The van der Waals surface area contributed by atoms with Crippen molar-refractivity contribution in [3.05, 3.63) is 34.4 Å². The van der Waals surface area contributed by atoms with E-state index in [1.165, 1.54) is 18.2 Å². The summed E-state index contributed by atoms with van der Waals surface area (Å²) in [4.78, 5) is 22.3. The maximum Gasteiger partial charge on any atom is 0.271 e. The number of rotatable bonds is 7. The van der Waals surface area contributed by atoms with Crippen LogP contribution in [0.1, 0.15) is 12.8 Å². The summed E-state index contributed by atoms with van der Waals surface area (Å²) in [6.45, 7) is 0.516. The van der Waals surface area contributed by atoms with Crippen LogP contribution in [-0.4, -0.2) is 51.3 Å². The second-order valence-corrected chi connectivity index (χ2v) is 7.39. The van der Waals surface area contributed by atoms with E-state index in [0.29, 0.717) is 13.2 Å². The molecule has 2 rings (SSSR count). The van der Waals surface area contributed by atoms with E-state index >= 15 is 0 Å². The van der Waals surface area contributed by atoms with Gasteiger partial charge in [-0.3, -0.25) is 19.2 Å². The molecule has 1 N–H and O–H groups in total. The normalized spacial score (nSPS) is 17.5. The fourth-order valence-electron chi connectivity index (χ4n) is 2.38. The average Bonchev–Trinajstić information content (AvgIpc) is 3.03. The third kappa shape index (κ3) is 4.90. The molecule has 0 bridgehead atoms. The number of anilines is 1. The third-order valence-corrected chi connectivity index (χ3v) is 4.71. The van der Waals surface area contributed by atoms with Gasteiger partial charge in [-0.25, -0.2) is 8.42 Å². The highest BCUT2D eigenvalue weighted by molar-refractivity contribution is 7.92. The Morgan fingerprint density at radius 3 is 2.83 bits per heavy atom. The van der Waals surface area contributed by atoms with Crippen LogP contribution in [0.5, 0.6) is 0 Å². The minimum Gasteiger partial charge on any atom is -0.376 e. The molecule has 1 aromatic carbocycles. The molecule has 1 aromatic rings.